The lowest BCUT2D eigenvalue weighted by Gasteiger charge is -2.40. The Morgan fingerprint density at radius 2 is 2.18 bits per heavy atom. The van der Waals surface area contributed by atoms with E-state index in [4.69, 9.17) is 5.73 Å². The van der Waals surface area contributed by atoms with E-state index in [2.05, 4.69) is 26.8 Å². The third-order valence-corrected chi connectivity index (χ3v) is 3.28. The highest BCUT2D eigenvalue weighted by Crippen LogP contribution is 2.20. The highest BCUT2D eigenvalue weighted by molar-refractivity contribution is 5.45. The molecule has 2 heterocycles. The molecule has 0 bridgehead atoms. The third kappa shape index (κ3) is 2.56. The summed E-state index contributed by atoms with van der Waals surface area (Å²) < 4.78 is 0. The molecular weight excluding hydrogens is 214 g/mol. The van der Waals surface area contributed by atoms with Crippen molar-refractivity contribution in [3.8, 4) is 0 Å². The number of hydrogen-bond donors (Lipinski definition) is 1. The van der Waals surface area contributed by atoms with Crippen molar-refractivity contribution >= 4 is 5.82 Å². The zero-order valence-electron chi connectivity index (χ0n) is 10.8. The van der Waals surface area contributed by atoms with Crippen LogP contribution in [0.2, 0.25) is 0 Å². The van der Waals surface area contributed by atoms with E-state index >= 15 is 0 Å². The number of anilines is 1. The normalized spacial score (nSPS) is 21.9. The molecule has 1 aliphatic heterocycles. The molecule has 1 aromatic rings. The zero-order chi connectivity index (χ0) is 12.4. The van der Waals surface area contributed by atoms with Crippen molar-refractivity contribution in [2.45, 2.75) is 19.9 Å². The monoisotopic (exact) mass is 235 g/mol. The third-order valence-electron chi connectivity index (χ3n) is 3.28. The summed E-state index contributed by atoms with van der Waals surface area (Å²) in [4.78, 5) is 13.6. The van der Waals surface area contributed by atoms with Crippen molar-refractivity contribution in [1.82, 2.24) is 14.9 Å². The molecule has 2 N–H and O–H groups in total. The molecule has 0 radical (unpaired) electrons. The summed E-state index contributed by atoms with van der Waals surface area (Å²) in [5, 5.41) is 0. The Hall–Kier alpha value is -1.20. The first-order chi connectivity index (χ1) is 8.11. The Balaban J connectivity index is 2.28. The SMILES string of the molecule is Cc1cnc(C)c(N2CCN(C)CC2CN)n1. The molecular formula is C12H21N5. The van der Waals surface area contributed by atoms with Gasteiger partial charge < -0.3 is 15.5 Å². The second-order valence-electron chi connectivity index (χ2n) is 4.77. The number of aryl methyl sites for hydroxylation is 2. The molecule has 0 aromatic carbocycles. The minimum Gasteiger partial charge on any atom is -0.348 e. The van der Waals surface area contributed by atoms with Crippen LogP contribution in [-0.2, 0) is 0 Å². The van der Waals surface area contributed by atoms with Gasteiger partial charge in [-0.05, 0) is 20.9 Å². The zero-order valence-corrected chi connectivity index (χ0v) is 10.8. The van der Waals surface area contributed by atoms with Crippen molar-refractivity contribution in [2.75, 3.05) is 38.1 Å². The Bertz CT molecular complexity index is 392. The first-order valence-electron chi connectivity index (χ1n) is 6.07. The van der Waals surface area contributed by atoms with Crippen molar-refractivity contribution in [1.29, 1.82) is 0 Å². The fourth-order valence-electron chi connectivity index (χ4n) is 2.29. The summed E-state index contributed by atoms with van der Waals surface area (Å²) in [6.07, 6.45) is 1.81. The van der Waals surface area contributed by atoms with Gasteiger partial charge in [0.05, 0.1) is 17.4 Å². The quantitative estimate of drug-likeness (QED) is 0.792. The Kier molecular flexibility index (Phi) is 3.59. The van der Waals surface area contributed by atoms with Gasteiger partial charge in [-0.25, -0.2) is 4.98 Å². The number of nitrogens with zero attached hydrogens (tertiary/aromatic N) is 4. The van der Waals surface area contributed by atoms with E-state index in [9.17, 15) is 0 Å². The molecule has 1 atom stereocenters. The lowest BCUT2D eigenvalue weighted by atomic mass is 10.1. The van der Waals surface area contributed by atoms with Gasteiger partial charge in [-0.1, -0.05) is 0 Å². The average Bonchev–Trinajstić information content (AvgIpc) is 2.32. The molecule has 2 rings (SSSR count). The van der Waals surface area contributed by atoms with Gasteiger partial charge in [0.25, 0.3) is 0 Å². The van der Waals surface area contributed by atoms with Crippen LogP contribution in [0.5, 0.6) is 0 Å². The smallest absolute Gasteiger partial charge is 0.150 e. The van der Waals surface area contributed by atoms with Gasteiger partial charge >= 0.3 is 0 Å². The van der Waals surface area contributed by atoms with E-state index in [-0.39, 0.29) is 0 Å². The van der Waals surface area contributed by atoms with E-state index in [1.807, 2.05) is 20.0 Å². The number of nitrogens with two attached hydrogens (primary N) is 1. The molecule has 94 valence electrons. The molecule has 1 unspecified atom stereocenters. The maximum atomic E-state index is 5.86. The number of likely N-dealkylation sites (N-methyl/N-ethyl adjacent to an activating group) is 1. The minimum atomic E-state index is 0.337. The van der Waals surface area contributed by atoms with Crippen LogP contribution in [0.15, 0.2) is 6.20 Å². The Labute approximate surface area is 103 Å². The second kappa shape index (κ2) is 4.98. The van der Waals surface area contributed by atoms with Crippen LogP contribution >= 0.6 is 0 Å². The first-order valence-corrected chi connectivity index (χ1v) is 6.07. The summed E-state index contributed by atoms with van der Waals surface area (Å²) in [5.74, 6) is 0.994. The van der Waals surface area contributed by atoms with Crippen LogP contribution in [0, 0.1) is 13.8 Å². The molecule has 17 heavy (non-hydrogen) atoms. The summed E-state index contributed by atoms with van der Waals surface area (Å²) in [6.45, 7) is 7.64. The number of hydrogen-bond acceptors (Lipinski definition) is 5. The maximum Gasteiger partial charge on any atom is 0.150 e. The highest BCUT2D eigenvalue weighted by Gasteiger charge is 2.26. The van der Waals surface area contributed by atoms with Gasteiger partial charge in [-0.3, -0.25) is 4.98 Å². The van der Waals surface area contributed by atoms with E-state index in [0.29, 0.717) is 12.6 Å². The summed E-state index contributed by atoms with van der Waals surface area (Å²) in [5.41, 5.74) is 7.81. The highest BCUT2D eigenvalue weighted by atomic mass is 15.3. The summed E-state index contributed by atoms with van der Waals surface area (Å²) in [7, 11) is 2.13. The van der Waals surface area contributed by atoms with Gasteiger partial charge in [0.15, 0.2) is 5.82 Å². The predicted octanol–water partition coefficient (Wildman–Crippen LogP) is 0.173. The predicted molar refractivity (Wildman–Crippen MR) is 69.2 cm³/mol. The number of piperazine rings is 1. The molecule has 5 heteroatoms. The van der Waals surface area contributed by atoms with Gasteiger partial charge in [0.2, 0.25) is 0 Å². The summed E-state index contributed by atoms with van der Waals surface area (Å²) in [6, 6.07) is 0.337. The molecule has 5 nitrogen and oxygen atoms in total. The molecule has 1 saturated heterocycles. The molecule has 1 fully saturated rings. The minimum absolute atomic E-state index is 0.337. The van der Waals surface area contributed by atoms with Crippen LogP contribution < -0.4 is 10.6 Å². The Morgan fingerprint density at radius 1 is 1.41 bits per heavy atom. The van der Waals surface area contributed by atoms with E-state index < -0.39 is 0 Å². The largest absolute Gasteiger partial charge is 0.348 e. The number of aromatic nitrogens is 2. The lowest BCUT2D eigenvalue weighted by molar-refractivity contribution is 0.268. The fourth-order valence-corrected chi connectivity index (χ4v) is 2.29. The van der Waals surface area contributed by atoms with E-state index in [0.717, 1.165) is 36.8 Å². The first kappa shape index (κ1) is 12.3. The molecule has 0 amide bonds. The van der Waals surface area contributed by atoms with Gasteiger partial charge in [0, 0.05) is 32.4 Å². The van der Waals surface area contributed by atoms with Gasteiger partial charge in [-0.2, -0.15) is 0 Å². The standard InChI is InChI=1S/C12H21N5/c1-9-7-14-10(2)12(15-9)17-5-4-16(3)8-11(17)6-13/h7,11H,4-6,8,13H2,1-3H3. The van der Waals surface area contributed by atoms with Gasteiger partial charge in [-0.15, -0.1) is 0 Å². The van der Waals surface area contributed by atoms with Crippen molar-refractivity contribution in [2.24, 2.45) is 5.73 Å². The van der Waals surface area contributed by atoms with Crippen LogP contribution in [0.25, 0.3) is 0 Å². The van der Waals surface area contributed by atoms with Crippen molar-refractivity contribution < 1.29 is 0 Å². The van der Waals surface area contributed by atoms with Crippen LogP contribution in [0.1, 0.15) is 11.4 Å². The lowest BCUT2D eigenvalue weighted by Crippen LogP contribution is -2.55. The maximum absolute atomic E-state index is 5.86. The second-order valence-corrected chi connectivity index (χ2v) is 4.77. The molecule has 0 aliphatic carbocycles. The van der Waals surface area contributed by atoms with Crippen molar-refractivity contribution in [3.05, 3.63) is 17.6 Å². The van der Waals surface area contributed by atoms with E-state index in [1.165, 1.54) is 0 Å². The van der Waals surface area contributed by atoms with Crippen LogP contribution in [0.3, 0.4) is 0 Å². The number of rotatable bonds is 2. The van der Waals surface area contributed by atoms with Crippen molar-refractivity contribution in [3.63, 3.8) is 0 Å². The molecule has 1 aromatic heterocycles. The van der Waals surface area contributed by atoms with Gasteiger partial charge in [0.1, 0.15) is 0 Å². The van der Waals surface area contributed by atoms with Crippen LogP contribution in [0.4, 0.5) is 5.82 Å². The van der Waals surface area contributed by atoms with Crippen LogP contribution in [-0.4, -0.2) is 54.1 Å². The molecule has 0 spiro atoms. The molecule has 1 aliphatic rings. The fraction of sp³-hybridized carbons (Fsp3) is 0.667. The summed E-state index contributed by atoms with van der Waals surface area (Å²) >= 11 is 0. The topological polar surface area (TPSA) is 58.3 Å². The average molecular weight is 235 g/mol. The Morgan fingerprint density at radius 3 is 2.88 bits per heavy atom. The van der Waals surface area contributed by atoms with E-state index in [1.54, 1.807) is 0 Å². The molecule has 0 saturated carbocycles.